The lowest BCUT2D eigenvalue weighted by Crippen LogP contribution is -2.47. The van der Waals surface area contributed by atoms with E-state index in [4.69, 9.17) is 0 Å². The molecule has 0 bridgehead atoms. The Labute approximate surface area is 74.2 Å². The third-order valence-electron chi connectivity index (χ3n) is 2.12. The number of nitrogens with zero attached hydrogens (tertiary/aromatic N) is 1. The zero-order valence-electron chi connectivity index (χ0n) is 6.43. The summed E-state index contributed by atoms with van der Waals surface area (Å²) in [6.07, 6.45) is 0.655. The third kappa shape index (κ3) is 1.18. The summed E-state index contributed by atoms with van der Waals surface area (Å²) in [5, 5.41) is 0.643. The lowest BCUT2D eigenvalue weighted by molar-refractivity contribution is -0.140. The fraction of sp³-hybridized carbons (Fsp3) is 0.714. The fourth-order valence-corrected chi connectivity index (χ4v) is 2.93. The highest BCUT2D eigenvalue weighted by Crippen LogP contribution is 2.39. The van der Waals surface area contributed by atoms with Gasteiger partial charge in [0.05, 0.1) is 17.0 Å². The molecule has 2 fully saturated rings. The largest absolute Gasteiger partial charge is 0.467 e. The maximum absolute atomic E-state index is 10.9. The summed E-state index contributed by atoms with van der Waals surface area (Å²) in [5.74, 6) is 0.223. The Bertz CT molecular complexity index is 221. The number of rotatable bonds is 3. The predicted molar refractivity (Wildman–Crippen MR) is 43.5 cm³/mol. The normalized spacial score (nSPS) is 32.7. The van der Waals surface area contributed by atoms with E-state index in [-0.39, 0.29) is 11.2 Å². The van der Waals surface area contributed by atoms with E-state index >= 15 is 0 Å². The van der Waals surface area contributed by atoms with Crippen LogP contribution in [0, 0.1) is 0 Å². The number of fused-ring (bicyclic) bond motifs is 1. The summed E-state index contributed by atoms with van der Waals surface area (Å²) in [6, 6.07) is 0. The number of carbonyl (C=O) groups is 2. The maximum Gasteiger partial charge on any atom is 0.293 e. The van der Waals surface area contributed by atoms with Crippen LogP contribution in [0.4, 0.5) is 0 Å². The van der Waals surface area contributed by atoms with Crippen molar-refractivity contribution in [1.29, 1.82) is 0 Å². The number of hydrogen-bond donors (Lipinski definition) is 0. The standard InChI is InChI=1S/C7H9NO3S/c9-4-11-3-5-2-8-6(10)1-7(8)12-5/h4-5,7H,1-3H2. The number of amides is 1. The van der Waals surface area contributed by atoms with Gasteiger partial charge in [0.15, 0.2) is 0 Å². The summed E-state index contributed by atoms with van der Waals surface area (Å²) in [6.45, 7) is 1.62. The smallest absolute Gasteiger partial charge is 0.293 e. The van der Waals surface area contributed by atoms with Crippen LogP contribution in [-0.2, 0) is 14.3 Å². The zero-order chi connectivity index (χ0) is 8.55. The van der Waals surface area contributed by atoms with E-state index in [0.717, 1.165) is 6.54 Å². The van der Waals surface area contributed by atoms with E-state index in [2.05, 4.69) is 4.74 Å². The summed E-state index contributed by atoms with van der Waals surface area (Å²) in [4.78, 5) is 22.7. The average molecular weight is 187 g/mol. The minimum absolute atomic E-state index is 0.223. The van der Waals surface area contributed by atoms with Crippen molar-refractivity contribution < 1.29 is 14.3 Å². The van der Waals surface area contributed by atoms with Crippen molar-refractivity contribution in [3.05, 3.63) is 0 Å². The summed E-state index contributed by atoms with van der Waals surface area (Å²) in [5.41, 5.74) is 0. The third-order valence-corrected chi connectivity index (χ3v) is 3.52. The van der Waals surface area contributed by atoms with Crippen molar-refractivity contribution in [2.45, 2.75) is 17.0 Å². The highest BCUT2D eigenvalue weighted by molar-refractivity contribution is 8.00. The second kappa shape index (κ2) is 2.97. The predicted octanol–water partition coefficient (Wildman–Crippen LogP) is -0.167. The molecule has 0 spiro atoms. The molecule has 2 unspecified atom stereocenters. The lowest BCUT2D eigenvalue weighted by atomic mass is 10.2. The van der Waals surface area contributed by atoms with E-state index in [1.54, 1.807) is 11.8 Å². The number of thioether (sulfide) groups is 1. The monoisotopic (exact) mass is 187 g/mol. The van der Waals surface area contributed by atoms with Gasteiger partial charge < -0.3 is 9.64 Å². The van der Waals surface area contributed by atoms with E-state index in [1.165, 1.54) is 0 Å². The molecule has 2 atom stereocenters. The van der Waals surface area contributed by atoms with E-state index in [9.17, 15) is 9.59 Å². The Morgan fingerprint density at radius 3 is 3.17 bits per heavy atom. The quantitative estimate of drug-likeness (QED) is 0.455. The summed E-state index contributed by atoms with van der Waals surface area (Å²) >= 11 is 1.73. The molecule has 0 aromatic heterocycles. The van der Waals surface area contributed by atoms with Crippen molar-refractivity contribution in [3.8, 4) is 0 Å². The Morgan fingerprint density at radius 2 is 2.58 bits per heavy atom. The van der Waals surface area contributed by atoms with Crippen LogP contribution in [0.5, 0.6) is 0 Å². The van der Waals surface area contributed by atoms with Crippen LogP contribution >= 0.6 is 11.8 Å². The van der Waals surface area contributed by atoms with Crippen LogP contribution in [0.1, 0.15) is 6.42 Å². The molecule has 0 N–H and O–H groups in total. The Morgan fingerprint density at radius 1 is 1.75 bits per heavy atom. The van der Waals surface area contributed by atoms with E-state index in [0.29, 0.717) is 24.9 Å². The van der Waals surface area contributed by atoms with Gasteiger partial charge in [-0.2, -0.15) is 0 Å². The van der Waals surface area contributed by atoms with Gasteiger partial charge in [-0.1, -0.05) is 0 Å². The fourth-order valence-electron chi connectivity index (χ4n) is 1.49. The van der Waals surface area contributed by atoms with Crippen LogP contribution in [0.3, 0.4) is 0 Å². The van der Waals surface area contributed by atoms with Gasteiger partial charge in [-0.05, 0) is 0 Å². The molecule has 2 saturated heterocycles. The second-order valence-electron chi connectivity index (χ2n) is 2.89. The van der Waals surface area contributed by atoms with E-state index < -0.39 is 0 Å². The second-order valence-corrected chi connectivity index (χ2v) is 4.38. The Balaban J connectivity index is 1.82. The zero-order valence-corrected chi connectivity index (χ0v) is 7.25. The molecule has 0 aromatic carbocycles. The van der Waals surface area contributed by atoms with Crippen molar-refractivity contribution in [1.82, 2.24) is 4.90 Å². The Hall–Kier alpha value is -0.710. The lowest BCUT2D eigenvalue weighted by Gasteiger charge is -2.32. The van der Waals surface area contributed by atoms with Crippen LogP contribution in [0.25, 0.3) is 0 Å². The molecular formula is C7H9NO3S. The van der Waals surface area contributed by atoms with Crippen molar-refractivity contribution >= 4 is 24.1 Å². The molecule has 0 radical (unpaired) electrons. The molecule has 1 amide bonds. The van der Waals surface area contributed by atoms with Gasteiger partial charge in [0.2, 0.25) is 5.91 Å². The molecule has 2 aliphatic heterocycles. The SMILES string of the molecule is O=COCC1CN2C(=O)CC2S1. The number of carbonyl (C=O) groups excluding carboxylic acids is 2. The maximum atomic E-state index is 10.9. The first-order valence-corrected chi connectivity index (χ1v) is 4.75. The molecule has 2 heterocycles. The molecular weight excluding hydrogens is 178 g/mol. The Kier molecular flexibility index (Phi) is 1.96. The van der Waals surface area contributed by atoms with Crippen molar-refractivity contribution in [2.75, 3.05) is 13.2 Å². The first-order chi connectivity index (χ1) is 5.81. The topological polar surface area (TPSA) is 46.6 Å². The first kappa shape index (κ1) is 7.91. The van der Waals surface area contributed by atoms with Crippen LogP contribution < -0.4 is 0 Å². The van der Waals surface area contributed by atoms with E-state index in [1.807, 2.05) is 4.90 Å². The van der Waals surface area contributed by atoms with Gasteiger partial charge in [0.1, 0.15) is 6.61 Å². The van der Waals surface area contributed by atoms with Gasteiger partial charge >= 0.3 is 0 Å². The van der Waals surface area contributed by atoms with Crippen LogP contribution in [-0.4, -0.2) is 41.1 Å². The number of β-lactam (4-membered cyclic amide) rings is 1. The molecule has 2 aliphatic rings. The van der Waals surface area contributed by atoms with Gasteiger partial charge in [0.25, 0.3) is 6.47 Å². The number of hydrogen-bond acceptors (Lipinski definition) is 4. The highest BCUT2D eigenvalue weighted by Gasteiger charge is 2.44. The average Bonchev–Trinajstić information content (AvgIpc) is 2.39. The van der Waals surface area contributed by atoms with Crippen LogP contribution in [0.15, 0.2) is 0 Å². The molecule has 4 nitrogen and oxygen atoms in total. The molecule has 5 heteroatoms. The summed E-state index contributed by atoms with van der Waals surface area (Å²) in [7, 11) is 0. The highest BCUT2D eigenvalue weighted by atomic mass is 32.2. The minimum atomic E-state index is 0.223. The molecule has 2 rings (SSSR count). The molecule has 0 aromatic rings. The van der Waals surface area contributed by atoms with Crippen LogP contribution in [0.2, 0.25) is 0 Å². The van der Waals surface area contributed by atoms with Gasteiger partial charge in [0, 0.05) is 6.54 Å². The molecule has 0 aliphatic carbocycles. The number of ether oxygens (including phenoxy) is 1. The summed E-state index contributed by atoms with van der Waals surface area (Å²) < 4.78 is 4.64. The van der Waals surface area contributed by atoms with Crippen molar-refractivity contribution in [2.24, 2.45) is 0 Å². The molecule has 12 heavy (non-hydrogen) atoms. The van der Waals surface area contributed by atoms with Gasteiger partial charge in [-0.25, -0.2) is 0 Å². The minimum Gasteiger partial charge on any atom is -0.467 e. The first-order valence-electron chi connectivity index (χ1n) is 3.81. The molecule has 0 saturated carbocycles. The van der Waals surface area contributed by atoms with Crippen molar-refractivity contribution in [3.63, 3.8) is 0 Å². The van der Waals surface area contributed by atoms with Gasteiger partial charge in [-0.15, -0.1) is 11.8 Å². The molecule has 66 valence electrons. The van der Waals surface area contributed by atoms with Gasteiger partial charge in [-0.3, -0.25) is 9.59 Å².